The van der Waals surface area contributed by atoms with Crippen molar-refractivity contribution in [3.8, 4) is 17.6 Å². The predicted molar refractivity (Wildman–Crippen MR) is 241 cm³/mol. The second-order valence-corrected chi connectivity index (χ2v) is 17.4. The van der Waals surface area contributed by atoms with Gasteiger partial charge in [-0.1, -0.05) is 134 Å². The second-order valence-electron chi connectivity index (χ2n) is 17.4. The highest BCUT2D eigenvalue weighted by molar-refractivity contribution is 6.24. The van der Waals surface area contributed by atoms with Crippen LogP contribution in [0.2, 0.25) is 0 Å². The number of carboxylic acids is 1. The third kappa shape index (κ3) is 7.73. The molecule has 332 valence electrons. The molecule has 4 aliphatic rings. The highest BCUT2D eigenvalue weighted by Crippen LogP contribution is 2.66. The summed E-state index contributed by atoms with van der Waals surface area (Å²) in [7, 11) is 0. The van der Waals surface area contributed by atoms with Gasteiger partial charge in [-0.2, -0.15) is 0 Å². The molecule has 7 atom stereocenters. The van der Waals surface area contributed by atoms with Crippen LogP contribution >= 0.6 is 0 Å². The van der Waals surface area contributed by atoms with E-state index in [0.29, 0.717) is 35.1 Å². The van der Waals surface area contributed by atoms with Crippen LogP contribution in [0.1, 0.15) is 103 Å². The number of benzene rings is 5. The SMILES string of the molecule is C[C@@H](NC(=O)N1C(=O)[C@@]2(c3cc(C#CC4(O)CCCCCC4)ccc31)[C@H](c1ccccc1OCCO)N1[C@H](c3ccccc3)[C@H](c3ccccc3)OC(=O)[C@H]1[C@@H]2C(=O)O)c1ccccc1. The molecule has 0 aromatic heterocycles. The monoisotopic (exact) mass is 873 g/mol. The number of fused-ring (bicyclic) bond motifs is 3. The molecule has 4 N–H and O–H groups in total. The van der Waals surface area contributed by atoms with Crippen LogP contribution in [0.5, 0.6) is 5.75 Å². The zero-order valence-corrected chi connectivity index (χ0v) is 36.0. The van der Waals surface area contributed by atoms with E-state index in [1.54, 1.807) is 54.3 Å². The summed E-state index contributed by atoms with van der Waals surface area (Å²) >= 11 is 0. The Hall–Kier alpha value is -6.78. The minimum atomic E-state index is -2.22. The second kappa shape index (κ2) is 18.0. The molecule has 3 aliphatic heterocycles. The van der Waals surface area contributed by atoms with Crippen LogP contribution in [0.4, 0.5) is 10.5 Å². The van der Waals surface area contributed by atoms with Gasteiger partial charge in [-0.3, -0.25) is 19.3 Å². The maximum atomic E-state index is 16.3. The summed E-state index contributed by atoms with van der Waals surface area (Å²) in [6.45, 7) is 1.32. The van der Waals surface area contributed by atoms with Crippen molar-refractivity contribution in [2.45, 2.75) is 86.7 Å². The normalized spacial score (nSPS) is 25.0. The highest BCUT2D eigenvalue weighted by Gasteiger charge is 2.76. The van der Waals surface area contributed by atoms with Gasteiger partial charge in [0.1, 0.15) is 41.4 Å². The van der Waals surface area contributed by atoms with Crippen LogP contribution in [-0.4, -0.2) is 69.0 Å². The van der Waals surface area contributed by atoms with Gasteiger partial charge in [0.2, 0.25) is 5.91 Å². The summed E-state index contributed by atoms with van der Waals surface area (Å²) in [6, 6.07) is 34.4. The van der Waals surface area contributed by atoms with Gasteiger partial charge in [-0.05, 0) is 79.1 Å². The Morgan fingerprint density at radius 3 is 2.12 bits per heavy atom. The number of para-hydroxylation sites is 1. The fraction of sp³-hybridized carbons (Fsp3) is 0.321. The lowest BCUT2D eigenvalue weighted by atomic mass is 9.65. The molecule has 3 fully saturated rings. The van der Waals surface area contributed by atoms with E-state index in [0.717, 1.165) is 36.1 Å². The van der Waals surface area contributed by atoms with Crippen LogP contribution in [0, 0.1) is 17.8 Å². The quantitative estimate of drug-likeness (QED) is 0.0655. The molecule has 12 heteroatoms. The number of nitrogens with zero attached hydrogens (tertiary/aromatic N) is 2. The maximum absolute atomic E-state index is 16.3. The van der Waals surface area contributed by atoms with E-state index < -0.39 is 71.1 Å². The van der Waals surface area contributed by atoms with E-state index in [9.17, 15) is 24.9 Å². The number of nitrogens with one attached hydrogen (secondary N) is 1. The third-order valence-electron chi connectivity index (χ3n) is 13.5. The van der Waals surface area contributed by atoms with Crippen molar-refractivity contribution in [3.63, 3.8) is 0 Å². The van der Waals surface area contributed by atoms with Crippen molar-refractivity contribution in [2.75, 3.05) is 18.1 Å². The number of carbonyl (C=O) groups is 4. The molecule has 12 nitrogen and oxygen atoms in total. The number of hydrogen-bond donors (Lipinski definition) is 4. The summed E-state index contributed by atoms with van der Waals surface area (Å²) in [5.41, 5.74) is -0.309. The Bertz CT molecular complexity index is 2640. The number of aliphatic carboxylic acids is 1. The smallest absolute Gasteiger partial charge is 0.329 e. The van der Waals surface area contributed by atoms with Crippen LogP contribution < -0.4 is 15.0 Å². The van der Waals surface area contributed by atoms with Crippen LogP contribution in [-0.2, 0) is 24.5 Å². The number of hydrogen-bond acceptors (Lipinski definition) is 9. The standard InChI is InChI=1S/C53H51N3O9/c1-34(36-17-7-4-8-18-36)54-51(62)55-41-26-25-35(27-30-52(63)28-15-2-3-16-29-52)33-40(41)53(50(55)61)43(48(58)59)45-49(60)65-46(38-21-11-6-12-22-38)44(37-19-9-5-10-20-37)56(45)47(53)39-23-13-14-24-42(39)64-32-31-57/h4-14,17-26,33-34,43-47,57,63H,2-3,15-16,28-29,31-32H2,1H3,(H,54,62)(H,58,59)/t34-,43-,44-,45-,46+,47+,53-/m1/s1. The summed E-state index contributed by atoms with van der Waals surface area (Å²) in [5.74, 6) is 1.53. The minimum absolute atomic E-state index is 0.126. The number of imide groups is 1. The molecule has 65 heavy (non-hydrogen) atoms. The highest BCUT2D eigenvalue weighted by atomic mass is 16.6. The molecule has 0 bridgehead atoms. The molecule has 5 aromatic rings. The molecule has 1 saturated carbocycles. The number of aliphatic hydroxyl groups is 2. The Balaban J connectivity index is 1.33. The van der Waals surface area contributed by atoms with Crippen molar-refractivity contribution in [1.82, 2.24) is 10.2 Å². The van der Waals surface area contributed by atoms with Crippen molar-refractivity contribution in [2.24, 2.45) is 5.92 Å². The zero-order chi connectivity index (χ0) is 45.3. The van der Waals surface area contributed by atoms with E-state index >= 15 is 9.59 Å². The molecule has 0 radical (unpaired) electrons. The van der Waals surface area contributed by atoms with Gasteiger partial charge < -0.3 is 30.1 Å². The third-order valence-corrected chi connectivity index (χ3v) is 13.5. The Morgan fingerprint density at radius 2 is 1.46 bits per heavy atom. The Labute approximate surface area is 377 Å². The number of aliphatic hydroxyl groups excluding tert-OH is 1. The van der Waals surface area contributed by atoms with E-state index in [4.69, 9.17) is 9.47 Å². The lowest BCUT2D eigenvalue weighted by Crippen LogP contribution is -2.54. The van der Waals surface area contributed by atoms with Crippen molar-refractivity contribution < 1.29 is 44.0 Å². The molecule has 9 rings (SSSR count). The predicted octanol–water partition coefficient (Wildman–Crippen LogP) is 7.72. The number of carboxylic acid groups (broad SMARTS) is 1. The van der Waals surface area contributed by atoms with E-state index in [-0.39, 0.29) is 30.2 Å². The summed E-state index contributed by atoms with van der Waals surface area (Å²) in [6.07, 6.45) is 3.64. The fourth-order valence-corrected chi connectivity index (χ4v) is 10.6. The molecular formula is C53H51N3O9. The fourth-order valence-electron chi connectivity index (χ4n) is 10.6. The first-order valence-electron chi connectivity index (χ1n) is 22.3. The number of carbonyl (C=O) groups excluding carboxylic acids is 3. The van der Waals surface area contributed by atoms with Crippen LogP contribution in [0.3, 0.4) is 0 Å². The molecule has 0 unspecified atom stereocenters. The first-order valence-corrected chi connectivity index (χ1v) is 22.3. The first-order chi connectivity index (χ1) is 31.6. The lowest BCUT2D eigenvalue weighted by Gasteiger charge is -2.46. The zero-order valence-electron chi connectivity index (χ0n) is 36.0. The van der Waals surface area contributed by atoms with Crippen molar-refractivity contribution in [3.05, 3.63) is 167 Å². The molecule has 3 heterocycles. The van der Waals surface area contributed by atoms with Gasteiger partial charge in [-0.25, -0.2) is 9.69 Å². The summed E-state index contributed by atoms with van der Waals surface area (Å²) < 4.78 is 12.6. The average Bonchev–Trinajstić information content (AvgIpc) is 3.66. The average molecular weight is 874 g/mol. The lowest BCUT2D eigenvalue weighted by molar-refractivity contribution is -0.179. The van der Waals surface area contributed by atoms with Gasteiger partial charge in [0.05, 0.1) is 30.4 Å². The van der Waals surface area contributed by atoms with E-state index in [1.165, 1.54) is 0 Å². The van der Waals surface area contributed by atoms with Crippen molar-refractivity contribution >= 4 is 29.6 Å². The molecule has 3 amide bonds. The van der Waals surface area contributed by atoms with Gasteiger partial charge in [0, 0.05) is 11.1 Å². The van der Waals surface area contributed by atoms with Crippen LogP contribution in [0.25, 0.3) is 0 Å². The number of ether oxygens (including phenoxy) is 2. The van der Waals surface area contributed by atoms with E-state index in [2.05, 4.69) is 17.2 Å². The Kier molecular flexibility index (Phi) is 12.0. The molecule has 1 spiro atoms. The molecule has 2 saturated heterocycles. The number of esters is 1. The topological polar surface area (TPSA) is 166 Å². The first kappa shape index (κ1) is 43.5. The summed E-state index contributed by atoms with van der Waals surface area (Å²) in [4.78, 5) is 63.4. The number of urea groups is 1. The van der Waals surface area contributed by atoms with Gasteiger partial charge in [0.25, 0.3) is 0 Å². The maximum Gasteiger partial charge on any atom is 0.329 e. The number of amides is 3. The molecular weight excluding hydrogens is 823 g/mol. The van der Waals surface area contributed by atoms with Gasteiger partial charge in [0.15, 0.2) is 0 Å². The number of morpholine rings is 1. The molecule has 5 aromatic carbocycles. The van der Waals surface area contributed by atoms with E-state index in [1.807, 2.05) is 91.0 Å². The Morgan fingerprint density at radius 1 is 0.831 bits per heavy atom. The number of anilines is 1. The minimum Gasteiger partial charge on any atom is -0.491 e. The number of rotatable bonds is 9. The van der Waals surface area contributed by atoms with Gasteiger partial charge >= 0.3 is 18.0 Å². The largest absolute Gasteiger partial charge is 0.491 e. The van der Waals surface area contributed by atoms with Crippen LogP contribution in [0.15, 0.2) is 133 Å². The number of cyclic esters (lactones) is 1. The molecule has 1 aliphatic carbocycles. The van der Waals surface area contributed by atoms with Gasteiger partial charge in [-0.15, -0.1) is 0 Å². The summed E-state index contributed by atoms with van der Waals surface area (Å²) in [5, 5.41) is 36.3. The van der Waals surface area contributed by atoms with Crippen molar-refractivity contribution in [1.29, 1.82) is 0 Å².